The number of aromatic amines is 1. The van der Waals surface area contributed by atoms with Crippen LogP contribution in [0.4, 0.5) is 0 Å². The number of nitrogens with one attached hydrogen (secondary N) is 1. The minimum absolute atomic E-state index is 0.149. The first-order chi connectivity index (χ1) is 18.6. The number of hydrogen-bond donors (Lipinski definition) is 1. The summed E-state index contributed by atoms with van der Waals surface area (Å²) in [5.74, 6) is -0.552. The van der Waals surface area contributed by atoms with Crippen molar-refractivity contribution < 1.29 is 14.3 Å². The summed E-state index contributed by atoms with van der Waals surface area (Å²) in [5.41, 5.74) is 9.52. The van der Waals surface area contributed by atoms with Crippen LogP contribution in [0.15, 0.2) is 91.0 Å². The molecule has 2 aliphatic heterocycles. The van der Waals surface area contributed by atoms with Crippen LogP contribution in [-0.2, 0) is 27.9 Å². The molecule has 3 aliphatic rings. The highest BCUT2D eigenvalue weighted by molar-refractivity contribution is 6.05. The van der Waals surface area contributed by atoms with Gasteiger partial charge in [-0.3, -0.25) is 4.79 Å². The van der Waals surface area contributed by atoms with Crippen LogP contribution in [0, 0.1) is 0 Å². The van der Waals surface area contributed by atoms with Gasteiger partial charge in [-0.1, -0.05) is 78.9 Å². The zero-order valence-corrected chi connectivity index (χ0v) is 20.8. The number of para-hydroxylation sites is 1. The van der Waals surface area contributed by atoms with Gasteiger partial charge in [0.2, 0.25) is 0 Å². The summed E-state index contributed by atoms with van der Waals surface area (Å²) in [5, 5.41) is 1.07. The van der Waals surface area contributed by atoms with Gasteiger partial charge in [0.1, 0.15) is 11.6 Å². The number of methoxy groups -OCH3 is 1. The Balaban J connectivity index is 1.48. The molecule has 5 aromatic rings. The SMILES string of the molecule is COC(=O)[C@@H]1Cc2c([nH]c3ccccc23)[C@]2(c3ccc4c(c3)Cc3ccccc3-4)c3ccccc3C(=O)N12. The summed E-state index contributed by atoms with van der Waals surface area (Å²) < 4.78 is 5.30. The number of hydrogen-bond acceptors (Lipinski definition) is 3. The van der Waals surface area contributed by atoms with Crippen molar-refractivity contribution in [3.05, 3.63) is 130 Å². The van der Waals surface area contributed by atoms with Crippen molar-refractivity contribution in [1.82, 2.24) is 9.88 Å². The van der Waals surface area contributed by atoms with E-state index in [4.69, 9.17) is 4.74 Å². The molecule has 38 heavy (non-hydrogen) atoms. The number of amides is 1. The summed E-state index contributed by atoms with van der Waals surface area (Å²) in [6, 6.07) is 30.3. The number of carbonyl (C=O) groups excluding carboxylic acids is 2. The lowest BCUT2D eigenvalue weighted by Crippen LogP contribution is -2.58. The quantitative estimate of drug-likeness (QED) is 0.318. The number of carbonyl (C=O) groups is 2. The number of nitrogens with zero attached hydrogens (tertiary/aromatic N) is 1. The lowest BCUT2D eigenvalue weighted by atomic mass is 9.73. The van der Waals surface area contributed by atoms with Crippen LogP contribution < -0.4 is 0 Å². The number of aromatic nitrogens is 1. The second-order valence-electron chi connectivity index (χ2n) is 10.4. The van der Waals surface area contributed by atoms with Crippen LogP contribution in [0.1, 0.15) is 43.9 Å². The molecule has 184 valence electrons. The van der Waals surface area contributed by atoms with Crippen LogP contribution in [0.3, 0.4) is 0 Å². The smallest absolute Gasteiger partial charge is 0.328 e. The average molecular weight is 497 g/mol. The number of esters is 1. The molecule has 0 fully saturated rings. The summed E-state index contributed by atoms with van der Waals surface area (Å²) in [6.45, 7) is 0. The van der Waals surface area contributed by atoms with Crippen LogP contribution in [0.5, 0.6) is 0 Å². The van der Waals surface area contributed by atoms with Crippen molar-refractivity contribution in [2.45, 2.75) is 24.4 Å². The highest BCUT2D eigenvalue weighted by Gasteiger charge is 2.60. The molecule has 1 aromatic heterocycles. The van der Waals surface area contributed by atoms with Gasteiger partial charge >= 0.3 is 5.97 Å². The fraction of sp³-hybridized carbons (Fsp3) is 0.152. The Morgan fingerprint density at radius 1 is 0.895 bits per heavy atom. The third kappa shape index (κ3) is 2.51. The van der Waals surface area contributed by atoms with Crippen molar-refractivity contribution in [1.29, 1.82) is 0 Å². The van der Waals surface area contributed by atoms with Gasteiger partial charge in [0.05, 0.1) is 12.8 Å². The van der Waals surface area contributed by atoms with E-state index in [1.165, 1.54) is 29.4 Å². The Bertz CT molecular complexity index is 1830. The maximum atomic E-state index is 14.2. The van der Waals surface area contributed by atoms with Gasteiger partial charge in [-0.2, -0.15) is 0 Å². The minimum atomic E-state index is -0.983. The van der Waals surface area contributed by atoms with Crippen LogP contribution in [0.25, 0.3) is 22.0 Å². The Morgan fingerprint density at radius 3 is 2.50 bits per heavy atom. The van der Waals surface area contributed by atoms with Crippen LogP contribution in [-0.4, -0.2) is 34.9 Å². The number of ether oxygens (including phenoxy) is 1. The first-order valence-corrected chi connectivity index (χ1v) is 13.0. The summed E-state index contributed by atoms with van der Waals surface area (Å²) in [7, 11) is 1.40. The molecule has 0 saturated heterocycles. The highest BCUT2D eigenvalue weighted by Crippen LogP contribution is 2.55. The van der Waals surface area contributed by atoms with Gasteiger partial charge in [-0.15, -0.1) is 0 Å². The molecular weight excluding hydrogens is 472 g/mol. The number of fused-ring (bicyclic) bond motifs is 10. The van der Waals surface area contributed by atoms with E-state index in [0.717, 1.165) is 39.7 Å². The molecule has 1 aliphatic carbocycles. The van der Waals surface area contributed by atoms with Gasteiger partial charge in [0.15, 0.2) is 0 Å². The predicted molar refractivity (Wildman–Crippen MR) is 145 cm³/mol. The third-order valence-electron chi connectivity index (χ3n) is 8.70. The summed E-state index contributed by atoms with van der Waals surface area (Å²) in [4.78, 5) is 33.0. The molecule has 8 rings (SSSR count). The first-order valence-electron chi connectivity index (χ1n) is 13.0. The number of H-pyrrole nitrogens is 1. The Kier molecular flexibility index (Phi) is 4.20. The molecule has 5 heteroatoms. The van der Waals surface area contributed by atoms with E-state index in [0.29, 0.717) is 12.0 Å². The van der Waals surface area contributed by atoms with Gasteiger partial charge in [0.25, 0.3) is 5.91 Å². The zero-order chi connectivity index (χ0) is 25.6. The molecule has 2 atom stereocenters. The molecular formula is C33H24N2O3. The molecule has 3 heterocycles. The molecule has 4 aromatic carbocycles. The molecule has 0 spiro atoms. The van der Waals surface area contributed by atoms with E-state index in [-0.39, 0.29) is 5.91 Å². The lowest BCUT2D eigenvalue weighted by Gasteiger charge is -2.46. The fourth-order valence-electron chi connectivity index (χ4n) is 7.17. The monoisotopic (exact) mass is 496 g/mol. The summed E-state index contributed by atoms with van der Waals surface area (Å²) >= 11 is 0. The second kappa shape index (κ2) is 7.45. The molecule has 0 radical (unpaired) electrons. The van der Waals surface area contributed by atoms with Crippen molar-refractivity contribution in [3.63, 3.8) is 0 Å². The van der Waals surface area contributed by atoms with Gasteiger partial charge < -0.3 is 14.6 Å². The van der Waals surface area contributed by atoms with E-state index < -0.39 is 17.6 Å². The lowest BCUT2D eigenvalue weighted by molar-refractivity contribution is -0.147. The Labute approximate surface area is 219 Å². The Hall–Kier alpha value is -4.64. The molecule has 0 bridgehead atoms. The van der Waals surface area contributed by atoms with Gasteiger partial charge in [-0.25, -0.2) is 4.79 Å². The average Bonchev–Trinajstić information content (AvgIpc) is 3.61. The predicted octanol–water partition coefficient (Wildman–Crippen LogP) is 5.58. The van der Waals surface area contributed by atoms with E-state index in [2.05, 4.69) is 59.6 Å². The fourth-order valence-corrected chi connectivity index (χ4v) is 7.17. The molecule has 0 saturated carbocycles. The Morgan fingerprint density at radius 2 is 1.63 bits per heavy atom. The maximum Gasteiger partial charge on any atom is 0.328 e. The van der Waals surface area contributed by atoms with Crippen molar-refractivity contribution in [3.8, 4) is 11.1 Å². The highest BCUT2D eigenvalue weighted by atomic mass is 16.5. The van der Waals surface area contributed by atoms with E-state index in [1.807, 2.05) is 36.4 Å². The number of benzene rings is 4. The second-order valence-corrected chi connectivity index (χ2v) is 10.4. The van der Waals surface area contributed by atoms with E-state index in [9.17, 15) is 9.59 Å². The molecule has 0 unspecified atom stereocenters. The van der Waals surface area contributed by atoms with Crippen LogP contribution >= 0.6 is 0 Å². The topological polar surface area (TPSA) is 62.4 Å². The zero-order valence-electron chi connectivity index (χ0n) is 20.8. The summed E-state index contributed by atoms with van der Waals surface area (Å²) in [6.07, 6.45) is 1.23. The number of rotatable bonds is 2. The first kappa shape index (κ1) is 21.4. The van der Waals surface area contributed by atoms with Crippen LogP contribution in [0.2, 0.25) is 0 Å². The normalized spacial score (nSPS) is 20.5. The minimum Gasteiger partial charge on any atom is -0.467 e. The van der Waals surface area contributed by atoms with E-state index >= 15 is 0 Å². The third-order valence-corrected chi connectivity index (χ3v) is 8.70. The van der Waals surface area contributed by atoms with Gasteiger partial charge in [-0.05, 0) is 51.9 Å². The van der Waals surface area contributed by atoms with Crippen molar-refractivity contribution >= 4 is 22.8 Å². The van der Waals surface area contributed by atoms with E-state index in [1.54, 1.807) is 4.90 Å². The molecule has 1 N–H and O–H groups in total. The molecule has 5 nitrogen and oxygen atoms in total. The molecule has 1 amide bonds. The van der Waals surface area contributed by atoms with Gasteiger partial charge in [0, 0.05) is 28.5 Å². The van der Waals surface area contributed by atoms with Crippen molar-refractivity contribution in [2.75, 3.05) is 7.11 Å². The largest absolute Gasteiger partial charge is 0.467 e. The standard InChI is InChI=1S/C33H24N2O3/c1-38-32(37)29-18-26-24-10-5-7-13-28(24)34-30(26)33(27-12-6-4-11-25(27)31(36)35(29)33)21-14-15-23-20(17-21)16-19-8-2-3-9-22(19)23/h2-15,17,29,34H,16,18H2,1H3/t29-,33-/m0/s1. The maximum absolute atomic E-state index is 14.2. The van der Waals surface area contributed by atoms with Crippen molar-refractivity contribution in [2.24, 2.45) is 0 Å².